The number of carbonyl (C=O) groups excluding carboxylic acids is 2. The zero-order chi connectivity index (χ0) is 21.3. The number of thioether (sulfide) groups is 1. The van der Waals surface area contributed by atoms with Crippen LogP contribution in [0.4, 0.5) is 10.1 Å². The molecule has 2 aromatic carbocycles. The second-order valence-corrected chi connectivity index (χ2v) is 8.13. The summed E-state index contributed by atoms with van der Waals surface area (Å²) in [6.07, 6.45) is 0. The summed E-state index contributed by atoms with van der Waals surface area (Å²) in [6.45, 7) is 0.437. The number of hydrogen-bond donors (Lipinski definition) is 2. The number of rotatable bonds is 9. The molecule has 3 rings (SSSR count). The number of benzene rings is 2. The highest BCUT2D eigenvalue weighted by Crippen LogP contribution is 2.18. The monoisotopic (exact) mass is 446 g/mol. The Hall–Kier alpha value is -2.98. The van der Waals surface area contributed by atoms with Crippen LogP contribution in [0.15, 0.2) is 48.5 Å². The molecule has 2 amide bonds. The normalized spacial score (nSPS) is 10.5. The number of nitrogens with one attached hydrogen (secondary N) is 2. The van der Waals surface area contributed by atoms with E-state index in [0.29, 0.717) is 23.0 Å². The number of ether oxygens (including phenoxy) is 1. The number of amides is 2. The lowest BCUT2D eigenvalue weighted by Gasteiger charge is -2.06. The number of carbonyl (C=O) groups is 2. The Morgan fingerprint density at radius 3 is 2.70 bits per heavy atom. The van der Waals surface area contributed by atoms with Crippen LogP contribution in [0.3, 0.4) is 0 Å². The van der Waals surface area contributed by atoms with E-state index in [1.54, 1.807) is 13.2 Å². The van der Waals surface area contributed by atoms with Crippen molar-refractivity contribution >= 4 is 40.6 Å². The first-order valence-electron chi connectivity index (χ1n) is 8.90. The van der Waals surface area contributed by atoms with Gasteiger partial charge in [-0.2, -0.15) is 0 Å². The molecule has 0 saturated heterocycles. The summed E-state index contributed by atoms with van der Waals surface area (Å²) in [5, 5.41) is 14.1. The molecule has 0 aliphatic rings. The van der Waals surface area contributed by atoms with Crippen LogP contribution in [-0.2, 0) is 17.1 Å². The summed E-state index contributed by atoms with van der Waals surface area (Å²) in [5.41, 5.74) is 1.33. The van der Waals surface area contributed by atoms with E-state index in [1.165, 1.54) is 30.0 Å². The lowest BCUT2D eigenvalue weighted by atomic mass is 10.2. The lowest BCUT2D eigenvalue weighted by Crippen LogP contribution is -2.24. The van der Waals surface area contributed by atoms with Crippen molar-refractivity contribution in [3.63, 3.8) is 0 Å². The first-order chi connectivity index (χ1) is 14.5. The third-order valence-corrected chi connectivity index (χ3v) is 5.90. The molecular formula is C20H19FN4O3S2. The standard InChI is InChI=1S/C20H19FN4O3S2/c1-28-16-7-5-13(6-8-16)10-22-17(26)11-29-12-18-24-25-20(30-18)19(27)23-15-4-2-3-14(21)9-15/h2-9H,10-12H2,1H3,(H,22,26)(H,23,27). The maximum atomic E-state index is 13.2. The van der Waals surface area contributed by atoms with Gasteiger partial charge in [-0.1, -0.05) is 29.5 Å². The predicted octanol–water partition coefficient (Wildman–Crippen LogP) is 3.49. The first kappa shape index (κ1) is 21.7. The van der Waals surface area contributed by atoms with Crippen LogP contribution < -0.4 is 15.4 Å². The van der Waals surface area contributed by atoms with Gasteiger partial charge in [0, 0.05) is 18.0 Å². The van der Waals surface area contributed by atoms with Crippen LogP contribution in [0.2, 0.25) is 0 Å². The molecule has 0 spiro atoms. The van der Waals surface area contributed by atoms with Gasteiger partial charge < -0.3 is 15.4 Å². The second-order valence-electron chi connectivity index (χ2n) is 6.08. The van der Waals surface area contributed by atoms with E-state index < -0.39 is 11.7 Å². The molecule has 0 aliphatic carbocycles. The van der Waals surface area contributed by atoms with Gasteiger partial charge in [-0.25, -0.2) is 4.39 Å². The van der Waals surface area contributed by atoms with Gasteiger partial charge in [0.25, 0.3) is 5.91 Å². The smallest absolute Gasteiger partial charge is 0.286 e. The van der Waals surface area contributed by atoms with Crippen LogP contribution in [0.1, 0.15) is 20.4 Å². The summed E-state index contributed by atoms with van der Waals surface area (Å²) in [5.74, 6) is 0.506. The Morgan fingerprint density at radius 2 is 1.97 bits per heavy atom. The molecule has 0 atom stereocenters. The van der Waals surface area contributed by atoms with Crippen LogP contribution >= 0.6 is 23.1 Å². The van der Waals surface area contributed by atoms with E-state index >= 15 is 0 Å². The minimum absolute atomic E-state index is 0.0931. The van der Waals surface area contributed by atoms with Crippen molar-refractivity contribution in [1.82, 2.24) is 15.5 Å². The molecule has 0 radical (unpaired) electrons. The second kappa shape index (κ2) is 10.7. The Balaban J connectivity index is 1.40. The molecular weight excluding hydrogens is 427 g/mol. The van der Waals surface area contributed by atoms with E-state index in [4.69, 9.17) is 4.74 Å². The molecule has 10 heteroatoms. The van der Waals surface area contributed by atoms with Gasteiger partial charge in [-0.15, -0.1) is 22.0 Å². The van der Waals surface area contributed by atoms with Crippen molar-refractivity contribution < 1.29 is 18.7 Å². The Morgan fingerprint density at radius 1 is 1.17 bits per heavy atom. The van der Waals surface area contributed by atoms with E-state index in [-0.39, 0.29) is 16.7 Å². The third-order valence-electron chi connectivity index (χ3n) is 3.85. The van der Waals surface area contributed by atoms with Crippen LogP contribution in [0.25, 0.3) is 0 Å². The average molecular weight is 447 g/mol. The quantitative estimate of drug-likeness (QED) is 0.523. The van der Waals surface area contributed by atoms with Crippen molar-refractivity contribution in [2.24, 2.45) is 0 Å². The first-order valence-corrected chi connectivity index (χ1v) is 10.9. The molecule has 0 unspecified atom stereocenters. The number of methoxy groups -OCH3 is 1. The van der Waals surface area contributed by atoms with Crippen molar-refractivity contribution in [2.75, 3.05) is 18.2 Å². The Kier molecular flexibility index (Phi) is 7.75. The molecule has 0 fully saturated rings. The fourth-order valence-corrected chi connectivity index (χ4v) is 4.02. The fourth-order valence-electron chi connectivity index (χ4n) is 2.38. The molecule has 7 nitrogen and oxygen atoms in total. The minimum atomic E-state index is -0.452. The van der Waals surface area contributed by atoms with Crippen molar-refractivity contribution in [2.45, 2.75) is 12.3 Å². The molecule has 0 bridgehead atoms. The van der Waals surface area contributed by atoms with Gasteiger partial charge >= 0.3 is 0 Å². The largest absolute Gasteiger partial charge is 0.497 e. The molecule has 156 valence electrons. The highest BCUT2D eigenvalue weighted by atomic mass is 32.2. The van der Waals surface area contributed by atoms with Crippen LogP contribution in [-0.4, -0.2) is 34.9 Å². The van der Waals surface area contributed by atoms with Crippen molar-refractivity contribution in [3.8, 4) is 5.75 Å². The highest BCUT2D eigenvalue weighted by Gasteiger charge is 2.14. The maximum absolute atomic E-state index is 13.2. The fraction of sp³-hybridized carbons (Fsp3) is 0.200. The molecule has 30 heavy (non-hydrogen) atoms. The number of anilines is 1. The van der Waals surface area contributed by atoms with Gasteiger partial charge in [0.05, 0.1) is 12.9 Å². The van der Waals surface area contributed by atoms with Gasteiger partial charge in [-0.05, 0) is 35.9 Å². The molecule has 0 saturated carbocycles. The number of nitrogens with zero attached hydrogens (tertiary/aromatic N) is 2. The third kappa shape index (κ3) is 6.53. The summed E-state index contributed by atoms with van der Waals surface area (Å²) in [6, 6.07) is 13.1. The van der Waals surface area contributed by atoms with E-state index in [1.807, 2.05) is 24.3 Å². The van der Waals surface area contributed by atoms with Gasteiger partial charge in [-0.3, -0.25) is 9.59 Å². The highest BCUT2D eigenvalue weighted by molar-refractivity contribution is 7.99. The van der Waals surface area contributed by atoms with Crippen molar-refractivity contribution in [1.29, 1.82) is 0 Å². The van der Waals surface area contributed by atoms with E-state index in [0.717, 1.165) is 22.6 Å². The number of aromatic nitrogens is 2. The number of halogens is 1. The molecule has 1 aromatic heterocycles. The molecule has 0 aliphatic heterocycles. The summed E-state index contributed by atoms with van der Waals surface area (Å²) < 4.78 is 18.3. The topological polar surface area (TPSA) is 93.2 Å². The van der Waals surface area contributed by atoms with Gasteiger partial charge in [0.2, 0.25) is 10.9 Å². The summed E-state index contributed by atoms with van der Waals surface area (Å²) in [4.78, 5) is 24.2. The summed E-state index contributed by atoms with van der Waals surface area (Å²) in [7, 11) is 1.60. The molecule has 2 N–H and O–H groups in total. The SMILES string of the molecule is COc1ccc(CNC(=O)CSCc2nnc(C(=O)Nc3cccc(F)c3)s2)cc1. The maximum Gasteiger partial charge on any atom is 0.286 e. The Labute approximate surface area is 181 Å². The minimum Gasteiger partial charge on any atom is -0.497 e. The van der Waals surface area contributed by atoms with Gasteiger partial charge in [0.1, 0.15) is 16.6 Å². The van der Waals surface area contributed by atoms with E-state index in [2.05, 4.69) is 20.8 Å². The predicted molar refractivity (Wildman–Crippen MR) is 115 cm³/mol. The summed E-state index contributed by atoms with van der Waals surface area (Å²) >= 11 is 2.52. The lowest BCUT2D eigenvalue weighted by molar-refractivity contribution is -0.118. The Bertz CT molecular complexity index is 1010. The average Bonchev–Trinajstić information content (AvgIpc) is 3.22. The zero-order valence-corrected chi connectivity index (χ0v) is 17.7. The number of hydrogen-bond acceptors (Lipinski definition) is 7. The van der Waals surface area contributed by atoms with Crippen LogP contribution in [0, 0.1) is 5.82 Å². The molecule has 1 heterocycles. The van der Waals surface area contributed by atoms with E-state index in [9.17, 15) is 14.0 Å². The zero-order valence-electron chi connectivity index (χ0n) is 16.1. The van der Waals surface area contributed by atoms with Gasteiger partial charge in [0.15, 0.2) is 0 Å². The van der Waals surface area contributed by atoms with Crippen LogP contribution in [0.5, 0.6) is 5.75 Å². The van der Waals surface area contributed by atoms with Crippen molar-refractivity contribution in [3.05, 3.63) is 69.9 Å². The molecule has 3 aromatic rings.